The minimum Gasteiger partial charge on any atom is -0.377 e. The Morgan fingerprint density at radius 3 is 2.18 bits per heavy atom. The molecule has 0 aromatic heterocycles. The van der Waals surface area contributed by atoms with E-state index in [1.807, 2.05) is 26.6 Å². The predicted octanol–water partition coefficient (Wildman–Crippen LogP) is 3.74. The van der Waals surface area contributed by atoms with Crippen LogP contribution < -0.4 is 0 Å². The van der Waals surface area contributed by atoms with Crippen LogP contribution in [-0.4, -0.2) is 50.8 Å². The van der Waals surface area contributed by atoms with E-state index in [-0.39, 0.29) is 18.0 Å². The van der Waals surface area contributed by atoms with E-state index < -0.39 is 29.9 Å². The Balaban J connectivity index is 3.18. The topological polar surface area (TPSA) is 57.6 Å². The van der Waals surface area contributed by atoms with Crippen LogP contribution in [0.1, 0.15) is 12.5 Å². The normalized spacial score (nSPS) is 15.4. The second kappa shape index (κ2) is 8.82. The first-order valence-electron chi connectivity index (χ1n) is 8.60. The lowest BCUT2D eigenvalue weighted by molar-refractivity contribution is -0.232. The summed E-state index contributed by atoms with van der Waals surface area (Å²) >= 11 is 0. The molecule has 0 amide bonds. The van der Waals surface area contributed by atoms with Gasteiger partial charge in [-0.3, -0.25) is 0 Å². The first-order chi connectivity index (χ1) is 12.6. The van der Waals surface area contributed by atoms with Gasteiger partial charge in [0, 0.05) is 6.54 Å². The van der Waals surface area contributed by atoms with Crippen LogP contribution in [0.3, 0.4) is 0 Å². The zero-order chi connectivity index (χ0) is 21.8. The molecule has 1 atom stereocenters. The molecule has 0 bridgehead atoms. The maximum absolute atomic E-state index is 12.9. The fourth-order valence-electron chi connectivity index (χ4n) is 1.99. The van der Waals surface area contributed by atoms with Gasteiger partial charge >= 0.3 is 6.18 Å². The third-order valence-corrected chi connectivity index (χ3v) is 6.46. The van der Waals surface area contributed by atoms with Gasteiger partial charge in [0.25, 0.3) is 0 Å². The maximum Gasteiger partial charge on any atom is 0.420 e. The highest BCUT2D eigenvalue weighted by atomic mass is 32.2. The maximum atomic E-state index is 12.9. The average Bonchev–Trinajstić information content (AvgIpc) is 2.51. The second-order valence-corrected chi connectivity index (χ2v) is 14.4. The van der Waals surface area contributed by atoms with E-state index in [4.69, 9.17) is 0 Å². The molecule has 0 fully saturated rings. The number of alkyl halides is 3. The van der Waals surface area contributed by atoms with Crippen LogP contribution in [-0.2, 0) is 10.0 Å². The molecule has 1 unspecified atom stereocenters. The van der Waals surface area contributed by atoms with Crippen LogP contribution in [0.4, 0.5) is 13.2 Å². The van der Waals surface area contributed by atoms with Crippen LogP contribution in [0.15, 0.2) is 41.3 Å². The van der Waals surface area contributed by atoms with E-state index >= 15 is 0 Å². The van der Waals surface area contributed by atoms with Crippen molar-refractivity contribution >= 4 is 18.1 Å². The standard InChI is InChI=1S/C19H26F3NO3SSi/c1-16-8-10-17(11-9-16)27(25,26)23(14-7-15-28(3,4)5)13-6-12-18(2,24)19(20,21)22/h6,8-12,24H,13-14H2,1-5H3/b12-6+. The molecule has 28 heavy (non-hydrogen) atoms. The molecule has 0 saturated carbocycles. The van der Waals surface area contributed by atoms with E-state index in [9.17, 15) is 26.7 Å². The monoisotopic (exact) mass is 433 g/mol. The molecule has 1 aromatic rings. The van der Waals surface area contributed by atoms with E-state index in [1.54, 1.807) is 12.1 Å². The molecule has 0 saturated heterocycles. The third-order valence-electron chi connectivity index (χ3n) is 3.70. The van der Waals surface area contributed by atoms with Crippen molar-refractivity contribution in [1.82, 2.24) is 4.31 Å². The molecular formula is C19H26F3NO3SSi. The van der Waals surface area contributed by atoms with Crippen molar-refractivity contribution in [3.05, 3.63) is 42.0 Å². The van der Waals surface area contributed by atoms with Gasteiger partial charge in [-0.2, -0.15) is 17.5 Å². The Hall–Kier alpha value is -1.60. The SMILES string of the molecule is Cc1ccc(S(=O)(=O)N(CC#C[Si](C)(C)C)C/C=C/C(C)(O)C(F)(F)F)cc1. The Morgan fingerprint density at radius 2 is 1.71 bits per heavy atom. The smallest absolute Gasteiger partial charge is 0.377 e. The molecule has 9 heteroatoms. The Bertz CT molecular complexity index is 859. The van der Waals surface area contributed by atoms with Gasteiger partial charge in [-0.1, -0.05) is 49.3 Å². The van der Waals surface area contributed by atoms with E-state index in [2.05, 4.69) is 11.5 Å². The Kier molecular flexibility index (Phi) is 7.70. The van der Waals surface area contributed by atoms with Crippen molar-refractivity contribution in [3.63, 3.8) is 0 Å². The minimum absolute atomic E-state index is 0.0314. The molecule has 0 aliphatic heterocycles. The molecule has 0 aliphatic carbocycles. The lowest BCUT2D eigenvalue weighted by Gasteiger charge is -2.23. The van der Waals surface area contributed by atoms with Crippen LogP contribution in [0, 0.1) is 18.4 Å². The molecule has 156 valence electrons. The van der Waals surface area contributed by atoms with Crippen molar-refractivity contribution < 1.29 is 26.7 Å². The fourth-order valence-corrected chi connectivity index (χ4v) is 3.90. The molecule has 0 heterocycles. The largest absolute Gasteiger partial charge is 0.420 e. The van der Waals surface area contributed by atoms with Gasteiger partial charge in [0.2, 0.25) is 10.0 Å². The van der Waals surface area contributed by atoms with Crippen molar-refractivity contribution in [3.8, 4) is 11.5 Å². The van der Waals surface area contributed by atoms with Gasteiger partial charge in [0.05, 0.1) is 11.4 Å². The number of nitrogens with zero attached hydrogens (tertiary/aromatic N) is 1. The summed E-state index contributed by atoms with van der Waals surface area (Å²) in [7, 11) is -5.70. The molecule has 0 spiro atoms. The molecule has 1 rings (SSSR count). The number of hydrogen-bond acceptors (Lipinski definition) is 3. The summed E-state index contributed by atoms with van der Waals surface area (Å²) in [6.07, 6.45) is -3.31. The van der Waals surface area contributed by atoms with Crippen molar-refractivity contribution in [1.29, 1.82) is 0 Å². The van der Waals surface area contributed by atoms with E-state index in [0.717, 1.165) is 15.9 Å². The Labute approximate surface area is 166 Å². The molecule has 0 aliphatic rings. The highest BCUT2D eigenvalue weighted by molar-refractivity contribution is 7.89. The number of aliphatic hydroxyl groups is 1. The van der Waals surface area contributed by atoms with Gasteiger partial charge < -0.3 is 5.11 Å². The van der Waals surface area contributed by atoms with Crippen LogP contribution in [0.2, 0.25) is 19.6 Å². The second-order valence-electron chi connectivity index (χ2n) is 7.71. The summed E-state index contributed by atoms with van der Waals surface area (Å²) in [6.45, 7) is 7.92. The van der Waals surface area contributed by atoms with Gasteiger partial charge in [-0.05, 0) is 32.1 Å². The van der Waals surface area contributed by atoms with Crippen molar-refractivity contribution in [2.45, 2.75) is 50.2 Å². The molecule has 0 radical (unpaired) electrons. The summed E-state index contributed by atoms with van der Waals surface area (Å²) < 4.78 is 65.1. The number of rotatable bonds is 6. The summed E-state index contributed by atoms with van der Waals surface area (Å²) in [6, 6.07) is 6.17. The van der Waals surface area contributed by atoms with Crippen LogP contribution >= 0.6 is 0 Å². The van der Waals surface area contributed by atoms with Gasteiger partial charge in [-0.25, -0.2) is 8.42 Å². The number of sulfonamides is 1. The first-order valence-corrected chi connectivity index (χ1v) is 13.5. The zero-order valence-corrected chi connectivity index (χ0v) is 18.4. The first kappa shape index (κ1) is 24.4. The third kappa shape index (κ3) is 7.09. The highest BCUT2D eigenvalue weighted by Crippen LogP contribution is 2.31. The quantitative estimate of drug-likeness (QED) is 0.422. The van der Waals surface area contributed by atoms with Crippen LogP contribution in [0.25, 0.3) is 0 Å². The molecular weight excluding hydrogens is 407 g/mol. The van der Waals surface area contributed by atoms with Gasteiger partial charge in [0.1, 0.15) is 8.07 Å². The van der Waals surface area contributed by atoms with Crippen molar-refractivity contribution in [2.75, 3.05) is 13.1 Å². The van der Waals surface area contributed by atoms with Gasteiger partial charge in [-0.15, -0.1) is 5.54 Å². The highest BCUT2D eigenvalue weighted by Gasteiger charge is 2.47. The lowest BCUT2D eigenvalue weighted by Crippen LogP contribution is -2.40. The zero-order valence-electron chi connectivity index (χ0n) is 16.6. The summed E-state index contributed by atoms with van der Waals surface area (Å²) in [5, 5.41) is 9.49. The van der Waals surface area contributed by atoms with Crippen LogP contribution in [0.5, 0.6) is 0 Å². The molecule has 4 nitrogen and oxygen atoms in total. The molecule has 1 N–H and O–H groups in total. The summed E-state index contributed by atoms with van der Waals surface area (Å²) in [5.41, 5.74) is 0.880. The average molecular weight is 434 g/mol. The Morgan fingerprint density at radius 1 is 1.18 bits per heavy atom. The van der Waals surface area contributed by atoms with E-state index in [1.165, 1.54) is 12.1 Å². The number of benzene rings is 1. The summed E-state index contributed by atoms with van der Waals surface area (Å²) in [4.78, 5) is 0.0314. The number of halogens is 3. The predicted molar refractivity (Wildman–Crippen MR) is 107 cm³/mol. The number of aryl methyl sites for hydroxylation is 1. The lowest BCUT2D eigenvalue weighted by atomic mass is 10.1. The van der Waals surface area contributed by atoms with Gasteiger partial charge in [0.15, 0.2) is 5.60 Å². The summed E-state index contributed by atoms with van der Waals surface area (Å²) in [5.74, 6) is 2.83. The van der Waals surface area contributed by atoms with E-state index in [0.29, 0.717) is 13.0 Å². The fraction of sp³-hybridized carbons (Fsp3) is 0.474. The number of hydrogen-bond donors (Lipinski definition) is 1. The van der Waals surface area contributed by atoms with Crippen molar-refractivity contribution in [2.24, 2.45) is 0 Å². The minimum atomic E-state index is -4.86. The molecule has 1 aromatic carbocycles.